The lowest BCUT2D eigenvalue weighted by atomic mass is 10.1. The highest BCUT2D eigenvalue weighted by molar-refractivity contribution is 7.22. The van der Waals surface area contributed by atoms with E-state index >= 15 is 0 Å². The van der Waals surface area contributed by atoms with Crippen molar-refractivity contribution < 1.29 is 17.9 Å². The molecule has 3 aromatic heterocycles. The van der Waals surface area contributed by atoms with Crippen molar-refractivity contribution in [3.63, 3.8) is 0 Å². The van der Waals surface area contributed by atoms with Gasteiger partial charge in [-0.1, -0.05) is 11.3 Å². The number of aromatic nitrogens is 5. The van der Waals surface area contributed by atoms with E-state index in [4.69, 9.17) is 4.74 Å². The zero-order valence-electron chi connectivity index (χ0n) is 20.0. The minimum absolute atomic E-state index is 0.0489. The molecule has 2 unspecified atom stereocenters. The van der Waals surface area contributed by atoms with Gasteiger partial charge in [0.05, 0.1) is 30.5 Å². The first kappa shape index (κ1) is 23.2. The number of rotatable bonds is 5. The lowest BCUT2D eigenvalue weighted by Gasteiger charge is -2.36. The Balaban J connectivity index is 1.44. The van der Waals surface area contributed by atoms with Gasteiger partial charge in [0, 0.05) is 44.5 Å². The molecule has 4 aromatic rings. The highest BCUT2D eigenvalue weighted by atomic mass is 32.1. The topological polar surface area (TPSA) is 72.2 Å². The number of halogens is 3. The summed E-state index contributed by atoms with van der Waals surface area (Å²) in [5.41, 5.74) is 0.929. The molecule has 2 fully saturated rings. The minimum atomic E-state index is -1.03. The van der Waals surface area contributed by atoms with Crippen LogP contribution in [0.3, 0.4) is 0 Å². The minimum Gasteiger partial charge on any atom is -0.367 e. The molecule has 0 spiro atoms. The summed E-state index contributed by atoms with van der Waals surface area (Å²) in [7, 11) is 3.64. The normalized spacial score (nSPS) is 20.3. The summed E-state index contributed by atoms with van der Waals surface area (Å²) >= 11 is 1.22. The summed E-state index contributed by atoms with van der Waals surface area (Å²) < 4.78 is 52.0. The fourth-order valence-corrected chi connectivity index (χ4v) is 5.35. The number of anilines is 2. The van der Waals surface area contributed by atoms with Crippen LogP contribution in [0.25, 0.3) is 21.6 Å². The molecule has 188 valence electrons. The van der Waals surface area contributed by atoms with E-state index in [1.807, 2.05) is 43.0 Å². The number of hydrogen-bond donors (Lipinski definition) is 0. The van der Waals surface area contributed by atoms with Gasteiger partial charge in [-0.25, -0.2) is 18.2 Å². The van der Waals surface area contributed by atoms with Crippen molar-refractivity contribution in [1.29, 1.82) is 0 Å². The number of thiazole rings is 1. The average molecular weight is 516 g/mol. The molecule has 0 bridgehead atoms. The van der Waals surface area contributed by atoms with Gasteiger partial charge in [-0.3, -0.25) is 4.68 Å². The lowest BCUT2D eigenvalue weighted by Crippen LogP contribution is -2.43. The standard InChI is InChI=1S/C24H24F3N7OS/c1-12-9-33(11-18(35-12)13-8-28-34(10-13)15-4-5-15)23-29-20(19-16(26)6-14(25)7-17(19)27)21-22(30-23)31-24(36-21)32(2)3/h6-8,10,12,15,18H,4-5,9,11H2,1-3H3. The van der Waals surface area contributed by atoms with E-state index in [-0.39, 0.29) is 23.9 Å². The van der Waals surface area contributed by atoms with Crippen LogP contribution >= 0.6 is 11.3 Å². The van der Waals surface area contributed by atoms with Crippen LogP contribution < -0.4 is 9.80 Å². The molecule has 0 radical (unpaired) electrons. The van der Waals surface area contributed by atoms with Crippen LogP contribution in [0.4, 0.5) is 24.3 Å². The van der Waals surface area contributed by atoms with Crippen LogP contribution in [0.2, 0.25) is 0 Å². The van der Waals surface area contributed by atoms with Crippen molar-refractivity contribution in [2.45, 2.75) is 38.0 Å². The van der Waals surface area contributed by atoms with Crippen LogP contribution in [-0.4, -0.2) is 58.0 Å². The Morgan fingerprint density at radius 1 is 1.06 bits per heavy atom. The second kappa shape index (κ2) is 8.70. The molecule has 1 saturated heterocycles. The first-order valence-corrected chi connectivity index (χ1v) is 12.5. The van der Waals surface area contributed by atoms with E-state index in [0.717, 1.165) is 18.4 Å². The Labute approximate surface area is 209 Å². The van der Waals surface area contributed by atoms with Gasteiger partial charge in [0.15, 0.2) is 10.8 Å². The van der Waals surface area contributed by atoms with Crippen LogP contribution in [0, 0.1) is 17.5 Å². The first-order chi connectivity index (χ1) is 17.3. The molecule has 0 amide bonds. The number of benzene rings is 1. The van der Waals surface area contributed by atoms with Gasteiger partial charge >= 0.3 is 0 Å². The van der Waals surface area contributed by atoms with Crippen LogP contribution in [0.1, 0.15) is 37.5 Å². The van der Waals surface area contributed by atoms with E-state index in [2.05, 4.69) is 20.1 Å². The first-order valence-electron chi connectivity index (χ1n) is 11.7. The molecule has 1 aliphatic heterocycles. The zero-order valence-corrected chi connectivity index (χ0v) is 20.8. The van der Waals surface area contributed by atoms with Gasteiger partial charge < -0.3 is 14.5 Å². The predicted octanol–water partition coefficient (Wildman–Crippen LogP) is 4.73. The van der Waals surface area contributed by atoms with E-state index in [1.165, 1.54) is 11.3 Å². The van der Waals surface area contributed by atoms with Crippen LogP contribution in [0.5, 0.6) is 0 Å². The maximum Gasteiger partial charge on any atom is 0.228 e. The monoisotopic (exact) mass is 515 g/mol. The highest BCUT2D eigenvalue weighted by Crippen LogP contribution is 2.39. The summed E-state index contributed by atoms with van der Waals surface area (Å²) in [6, 6.07) is 1.77. The number of ether oxygens (including phenoxy) is 1. The van der Waals surface area contributed by atoms with E-state index in [0.29, 0.717) is 46.7 Å². The highest BCUT2D eigenvalue weighted by Gasteiger charge is 2.32. The van der Waals surface area contributed by atoms with Gasteiger partial charge in [0.2, 0.25) is 5.95 Å². The second-order valence-electron chi connectivity index (χ2n) is 9.49. The summed E-state index contributed by atoms with van der Waals surface area (Å²) in [5.74, 6) is -2.77. The third-order valence-corrected chi connectivity index (χ3v) is 7.53. The molecule has 1 saturated carbocycles. The molecule has 1 aliphatic carbocycles. The Morgan fingerprint density at radius 3 is 2.50 bits per heavy atom. The van der Waals surface area contributed by atoms with Gasteiger partial charge in [0.1, 0.15) is 33.9 Å². The SMILES string of the molecule is CC1CN(c2nc(-c3c(F)cc(F)cc3F)c3sc(N(C)C)nc3n2)CC(c2cnn(C3CC3)c2)O1. The van der Waals surface area contributed by atoms with Gasteiger partial charge in [0.25, 0.3) is 0 Å². The van der Waals surface area contributed by atoms with E-state index in [1.54, 1.807) is 4.90 Å². The zero-order chi connectivity index (χ0) is 25.1. The number of morpholine rings is 1. The molecule has 6 rings (SSSR count). The maximum absolute atomic E-state index is 14.9. The lowest BCUT2D eigenvalue weighted by molar-refractivity contribution is -0.0178. The summed E-state index contributed by atoms with van der Waals surface area (Å²) in [5, 5.41) is 5.09. The Bertz CT molecular complexity index is 1430. The Hall–Kier alpha value is -3.25. The molecule has 2 aliphatic rings. The molecule has 12 heteroatoms. The molecule has 8 nitrogen and oxygen atoms in total. The van der Waals surface area contributed by atoms with Crippen molar-refractivity contribution in [1.82, 2.24) is 24.7 Å². The largest absolute Gasteiger partial charge is 0.367 e. The van der Waals surface area contributed by atoms with Crippen molar-refractivity contribution in [3.05, 3.63) is 47.5 Å². The van der Waals surface area contributed by atoms with Crippen molar-refractivity contribution in [3.8, 4) is 11.3 Å². The van der Waals surface area contributed by atoms with E-state index < -0.39 is 23.0 Å². The molecular formula is C24H24F3N7OS. The van der Waals surface area contributed by atoms with Crippen molar-refractivity contribution in [2.24, 2.45) is 0 Å². The number of fused-ring (bicyclic) bond motifs is 1. The molecule has 1 aromatic carbocycles. The molecule has 2 atom stereocenters. The number of nitrogens with zero attached hydrogens (tertiary/aromatic N) is 7. The fourth-order valence-electron chi connectivity index (χ4n) is 4.43. The van der Waals surface area contributed by atoms with Gasteiger partial charge in [-0.15, -0.1) is 0 Å². The van der Waals surface area contributed by atoms with Gasteiger partial charge in [-0.2, -0.15) is 15.1 Å². The van der Waals surface area contributed by atoms with Gasteiger partial charge in [-0.05, 0) is 19.8 Å². The second-order valence-corrected chi connectivity index (χ2v) is 10.5. The molecule has 4 heterocycles. The Morgan fingerprint density at radius 2 is 1.81 bits per heavy atom. The molecular weight excluding hydrogens is 491 g/mol. The maximum atomic E-state index is 14.9. The number of hydrogen-bond acceptors (Lipinski definition) is 8. The van der Waals surface area contributed by atoms with Crippen molar-refractivity contribution >= 4 is 32.8 Å². The Kier molecular flexibility index (Phi) is 5.60. The molecule has 0 N–H and O–H groups in total. The quantitative estimate of drug-likeness (QED) is 0.380. The van der Waals surface area contributed by atoms with Crippen LogP contribution in [-0.2, 0) is 4.74 Å². The molecule has 36 heavy (non-hydrogen) atoms. The smallest absolute Gasteiger partial charge is 0.228 e. The third kappa shape index (κ3) is 4.17. The van der Waals surface area contributed by atoms with E-state index in [9.17, 15) is 13.2 Å². The predicted molar refractivity (Wildman–Crippen MR) is 131 cm³/mol. The average Bonchev–Trinajstić information content (AvgIpc) is 3.37. The fraction of sp³-hybridized carbons (Fsp3) is 0.417. The summed E-state index contributed by atoms with van der Waals surface area (Å²) in [4.78, 5) is 17.6. The third-order valence-electron chi connectivity index (χ3n) is 6.31. The summed E-state index contributed by atoms with van der Waals surface area (Å²) in [6.07, 6.45) is 5.68. The summed E-state index contributed by atoms with van der Waals surface area (Å²) in [6.45, 7) is 2.87. The van der Waals surface area contributed by atoms with Crippen molar-refractivity contribution in [2.75, 3.05) is 37.0 Å². The van der Waals surface area contributed by atoms with Crippen LogP contribution in [0.15, 0.2) is 24.5 Å².